The molecule has 0 saturated heterocycles. The first-order valence-electron chi connectivity index (χ1n) is 17.1. The van der Waals surface area contributed by atoms with Crippen LogP contribution in [0.4, 0.5) is 0 Å². The predicted octanol–water partition coefficient (Wildman–Crippen LogP) is 9.11. The predicted molar refractivity (Wildman–Crippen MR) is 204 cm³/mol. The lowest BCUT2D eigenvalue weighted by atomic mass is 9.97. The molecule has 0 saturated carbocycles. The number of sulfonamides is 1. The zero-order chi connectivity index (χ0) is 36.0. The van der Waals surface area contributed by atoms with Gasteiger partial charge in [0.1, 0.15) is 10.6 Å². The highest BCUT2D eigenvalue weighted by Gasteiger charge is 2.26. The number of nitrogens with zero attached hydrogens (tertiary/aromatic N) is 1. The highest BCUT2D eigenvalue weighted by atomic mass is 35.5. The normalized spacial score (nSPS) is 11.8. The van der Waals surface area contributed by atoms with Gasteiger partial charge in [-0.15, -0.1) is 0 Å². The number of para-hydroxylation sites is 1. The molecule has 2 N–H and O–H groups in total. The number of aryl methyl sites for hydroxylation is 2. The Balaban J connectivity index is 1.42. The molecule has 262 valence electrons. The first-order chi connectivity index (χ1) is 24.6. The van der Waals surface area contributed by atoms with E-state index < -0.39 is 16.0 Å². The number of aromatic carboxylic acids is 1. The molecule has 7 nitrogen and oxygen atoms in total. The van der Waals surface area contributed by atoms with Crippen LogP contribution in [0.25, 0.3) is 10.9 Å². The zero-order valence-electron chi connectivity index (χ0n) is 28.6. The molecule has 0 unspecified atom stereocenters. The number of hydrogen-bond donors (Lipinski definition) is 2. The minimum Gasteiger partial charge on any atom is -0.490 e. The number of hydrogen-bond acceptors (Lipinski definition) is 4. The van der Waals surface area contributed by atoms with Crippen molar-refractivity contribution < 1.29 is 23.1 Å². The van der Waals surface area contributed by atoms with Gasteiger partial charge in [-0.3, -0.25) is 0 Å². The molecular weight excluding hydrogens is 680 g/mol. The van der Waals surface area contributed by atoms with Gasteiger partial charge in [-0.2, -0.15) is 0 Å². The number of carboxylic acids is 1. The van der Waals surface area contributed by atoms with E-state index in [1.165, 1.54) is 0 Å². The first-order valence-corrected chi connectivity index (χ1v) is 19.0. The molecule has 1 aromatic heterocycles. The van der Waals surface area contributed by atoms with E-state index in [9.17, 15) is 18.3 Å². The highest BCUT2D eigenvalue weighted by molar-refractivity contribution is 7.89. The van der Waals surface area contributed by atoms with E-state index >= 15 is 0 Å². The summed E-state index contributed by atoms with van der Waals surface area (Å²) in [6, 6.07) is 40.1. The summed E-state index contributed by atoms with van der Waals surface area (Å²) < 4.78 is 38.5. The summed E-state index contributed by atoms with van der Waals surface area (Å²) in [4.78, 5) is 11.5. The molecule has 0 radical (unpaired) electrons. The van der Waals surface area contributed by atoms with Gasteiger partial charge in [0, 0.05) is 34.6 Å². The van der Waals surface area contributed by atoms with Crippen LogP contribution in [0.3, 0.4) is 0 Å². The Morgan fingerprint density at radius 2 is 1.43 bits per heavy atom. The number of ether oxygens (including phenoxy) is 1. The molecule has 0 aliphatic carbocycles. The maximum absolute atomic E-state index is 13.7. The fourth-order valence-corrected chi connectivity index (χ4v) is 8.04. The van der Waals surface area contributed by atoms with Crippen LogP contribution in [0.2, 0.25) is 5.02 Å². The van der Waals surface area contributed by atoms with Crippen molar-refractivity contribution in [1.82, 2.24) is 9.29 Å². The molecular formula is C42H41ClN2O5S. The van der Waals surface area contributed by atoms with Crippen LogP contribution in [0.5, 0.6) is 5.75 Å². The van der Waals surface area contributed by atoms with Crippen molar-refractivity contribution in [2.45, 2.75) is 56.6 Å². The molecule has 5 aromatic carbocycles. The molecule has 6 rings (SSSR count). The minimum absolute atomic E-state index is 0.103. The van der Waals surface area contributed by atoms with Crippen LogP contribution in [0.15, 0.2) is 132 Å². The van der Waals surface area contributed by atoms with E-state index in [2.05, 4.69) is 39.6 Å². The molecule has 0 bridgehead atoms. The smallest absolute Gasteiger partial charge is 0.335 e. The second-order valence-corrected chi connectivity index (χ2v) is 15.0. The van der Waals surface area contributed by atoms with Crippen LogP contribution in [0.1, 0.15) is 64.6 Å². The topological polar surface area (TPSA) is 97.6 Å². The van der Waals surface area contributed by atoms with E-state index in [0.717, 1.165) is 51.7 Å². The minimum atomic E-state index is -3.90. The number of rotatable bonds is 15. The zero-order valence-corrected chi connectivity index (χ0v) is 30.2. The van der Waals surface area contributed by atoms with E-state index in [1.807, 2.05) is 74.5 Å². The Kier molecular flexibility index (Phi) is 11.3. The third-order valence-corrected chi connectivity index (χ3v) is 10.7. The number of halogens is 1. The van der Waals surface area contributed by atoms with Crippen molar-refractivity contribution in [1.29, 1.82) is 0 Å². The van der Waals surface area contributed by atoms with Crippen molar-refractivity contribution in [3.8, 4) is 5.75 Å². The van der Waals surface area contributed by atoms with Crippen LogP contribution < -0.4 is 9.46 Å². The maximum Gasteiger partial charge on any atom is 0.335 e. The molecule has 0 fully saturated rings. The molecule has 0 spiro atoms. The molecule has 0 atom stereocenters. The summed E-state index contributed by atoms with van der Waals surface area (Å²) in [5, 5.41) is 11.0. The quantitative estimate of drug-likeness (QED) is 0.110. The molecule has 0 aliphatic heterocycles. The van der Waals surface area contributed by atoms with Gasteiger partial charge in [-0.25, -0.2) is 17.9 Å². The number of carbonyl (C=O) groups is 1. The molecule has 0 amide bonds. The number of benzene rings is 5. The molecule has 9 heteroatoms. The SMILES string of the molecule is CC(C)Oc1ccccc1S(=O)(=O)NCCc1c(CCCc2ccc(C(=O)O)cc2)c2cc(Cl)ccc2n1C(c1ccccc1)c1ccccc1. The average Bonchev–Trinajstić information content (AvgIpc) is 3.40. The third kappa shape index (κ3) is 8.37. The van der Waals surface area contributed by atoms with Crippen LogP contribution in [-0.4, -0.2) is 36.7 Å². The summed E-state index contributed by atoms with van der Waals surface area (Å²) in [5.41, 5.74) is 6.63. The summed E-state index contributed by atoms with van der Waals surface area (Å²) >= 11 is 6.66. The van der Waals surface area contributed by atoms with E-state index in [4.69, 9.17) is 16.3 Å². The van der Waals surface area contributed by atoms with Gasteiger partial charge in [-0.05, 0) is 97.8 Å². The highest BCUT2D eigenvalue weighted by Crippen LogP contribution is 2.38. The number of fused-ring (bicyclic) bond motifs is 1. The molecule has 0 aliphatic rings. The third-order valence-electron chi connectivity index (χ3n) is 8.92. The van der Waals surface area contributed by atoms with Crippen molar-refractivity contribution >= 4 is 38.5 Å². The Labute approximate surface area is 304 Å². The van der Waals surface area contributed by atoms with Gasteiger partial charge in [0.05, 0.1) is 17.7 Å². The monoisotopic (exact) mass is 720 g/mol. The van der Waals surface area contributed by atoms with Crippen LogP contribution in [-0.2, 0) is 29.3 Å². The Morgan fingerprint density at radius 1 is 0.804 bits per heavy atom. The van der Waals surface area contributed by atoms with Crippen molar-refractivity contribution in [3.05, 3.63) is 166 Å². The van der Waals surface area contributed by atoms with Gasteiger partial charge < -0.3 is 14.4 Å². The van der Waals surface area contributed by atoms with Gasteiger partial charge in [0.2, 0.25) is 10.0 Å². The Bertz CT molecular complexity index is 2180. The number of nitrogens with one attached hydrogen (secondary N) is 1. The molecule has 51 heavy (non-hydrogen) atoms. The number of aromatic nitrogens is 1. The summed E-state index contributed by atoms with van der Waals surface area (Å²) in [5.74, 6) is -0.636. The summed E-state index contributed by atoms with van der Waals surface area (Å²) in [6.07, 6.45) is 2.46. The number of carboxylic acid groups (broad SMARTS) is 1. The second-order valence-electron chi connectivity index (χ2n) is 12.8. The van der Waals surface area contributed by atoms with E-state index in [1.54, 1.807) is 36.4 Å². The fraction of sp³-hybridized carbons (Fsp3) is 0.214. The standard InChI is InChI=1S/C42H41ClN2O5S/c1-29(2)50-39-18-9-10-19-40(39)51(48,49)44-27-26-38-35(17-11-12-30-20-22-33(23-21-30)42(46)47)36-28-34(43)24-25-37(36)45(38)41(31-13-5-3-6-14-31)32-15-7-4-8-16-32/h3-10,13-16,18-25,28-29,41,44H,11-12,17,26-27H2,1-2H3,(H,46,47). The first kappa shape index (κ1) is 35.9. The van der Waals surface area contributed by atoms with Gasteiger partial charge in [-0.1, -0.05) is 96.5 Å². The van der Waals surface area contributed by atoms with Gasteiger partial charge in [0.25, 0.3) is 0 Å². The lowest BCUT2D eigenvalue weighted by molar-refractivity contribution is 0.0697. The van der Waals surface area contributed by atoms with Crippen molar-refractivity contribution in [2.75, 3.05) is 6.54 Å². The maximum atomic E-state index is 13.7. The van der Waals surface area contributed by atoms with Gasteiger partial charge >= 0.3 is 5.97 Å². The van der Waals surface area contributed by atoms with Crippen LogP contribution in [0, 0.1) is 0 Å². The van der Waals surface area contributed by atoms with Crippen LogP contribution >= 0.6 is 11.6 Å². The second kappa shape index (κ2) is 16.0. The Morgan fingerprint density at radius 3 is 2.06 bits per heavy atom. The van der Waals surface area contributed by atoms with Gasteiger partial charge in [0.15, 0.2) is 0 Å². The Hall–Kier alpha value is -4.89. The largest absolute Gasteiger partial charge is 0.490 e. The van der Waals surface area contributed by atoms with Crippen molar-refractivity contribution in [3.63, 3.8) is 0 Å². The fourth-order valence-electron chi connectivity index (χ4n) is 6.70. The molecule has 6 aromatic rings. The average molecular weight is 721 g/mol. The summed E-state index contributed by atoms with van der Waals surface area (Å²) in [6.45, 7) is 3.89. The van der Waals surface area contributed by atoms with E-state index in [0.29, 0.717) is 23.6 Å². The van der Waals surface area contributed by atoms with Crippen molar-refractivity contribution in [2.24, 2.45) is 0 Å². The lowest BCUT2D eigenvalue weighted by Gasteiger charge is -2.25. The summed E-state index contributed by atoms with van der Waals surface area (Å²) in [7, 11) is -3.90. The van der Waals surface area contributed by atoms with E-state index in [-0.39, 0.29) is 29.1 Å². The molecule has 1 heterocycles. The lowest BCUT2D eigenvalue weighted by Crippen LogP contribution is -2.28.